The molecule has 0 saturated carbocycles. The molecule has 0 aliphatic rings. The first-order valence-electron chi connectivity index (χ1n) is 5.83. The van der Waals surface area contributed by atoms with Crippen LogP contribution in [0.2, 0.25) is 5.02 Å². The lowest BCUT2D eigenvalue weighted by Crippen LogP contribution is -2.26. The van der Waals surface area contributed by atoms with Gasteiger partial charge >= 0.3 is 0 Å². The molecule has 2 amide bonds. The van der Waals surface area contributed by atoms with Crippen molar-refractivity contribution < 1.29 is 9.59 Å². The number of hydrogen-bond donors (Lipinski definition) is 2. The van der Waals surface area contributed by atoms with E-state index < -0.39 is 0 Å². The molecule has 1 atom stereocenters. The largest absolute Gasteiger partial charge is 0.325 e. The van der Waals surface area contributed by atoms with Gasteiger partial charge in [-0.3, -0.25) is 9.59 Å². The zero-order valence-electron chi connectivity index (χ0n) is 11.0. The van der Waals surface area contributed by atoms with Gasteiger partial charge in [0.25, 0.3) is 0 Å². The molecule has 0 fully saturated rings. The van der Waals surface area contributed by atoms with E-state index in [9.17, 15) is 9.59 Å². The standard InChI is InChI=1S/C13H16BrClN2O2/c1-7(2)12(14)13(19)17-9-4-5-11(10(15)6-9)16-8(3)18/h4-7,12H,1-3H3,(H,16,18)(H,17,19). The Morgan fingerprint density at radius 1 is 1.26 bits per heavy atom. The van der Waals surface area contributed by atoms with Crippen LogP contribution in [0.25, 0.3) is 0 Å². The molecule has 0 bridgehead atoms. The Bertz CT molecular complexity index is 492. The van der Waals surface area contributed by atoms with Gasteiger partial charge in [-0.05, 0) is 24.1 Å². The summed E-state index contributed by atoms with van der Waals surface area (Å²) >= 11 is 9.35. The molecule has 0 heterocycles. The number of alkyl halides is 1. The average molecular weight is 348 g/mol. The third kappa shape index (κ3) is 4.84. The van der Waals surface area contributed by atoms with Crippen LogP contribution in [0.4, 0.5) is 11.4 Å². The summed E-state index contributed by atoms with van der Waals surface area (Å²) in [5.41, 5.74) is 1.11. The molecule has 0 aromatic heterocycles. The maximum atomic E-state index is 11.9. The van der Waals surface area contributed by atoms with Crippen LogP contribution in [0.15, 0.2) is 18.2 Å². The molecule has 6 heteroatoms. The molecule has 0 spiro atoms. The molecule has 0 aliphatic heterocycles. The Labute approximate surface area is 126 Å². The molecule has 1 unspecified atom stereocenters. The number of carbonyl (C=O) groups excluding carboxylic acids is 2. The van der Waals surface area contributed by atoms with Gasteiger partial charge in [-0.2, -0.15) is 0 Å². The van der Waals surface area contributed by atoms with Crippen LogP contribution in [0.3, 0.4) is 0 Å². The van der Waals surface area contributed by atoms with Gasteiger partial charge in [0.1, 0.15) is 0 Å². The maximum Gasteiger partial charge on any atom is 0.238 e. The third-order valence-electron chi connectivity index (χ3n) is 2.38. The lowest BCUT2D eigenvalue weighted by Gasteiger charge is -2.14. The van der Waals surface area contributed by atoms with Gasteiger partial charge in [0.15, 0.2) is 0 Å². The SMILES string of the molecule is CC(=O)Nc1ccc(NC(=O)C(Br)C(C)C)cc1Cl. The van der Waals surface area contributed by atoms with Crippen LogP contribution in [-0.4, -0.2) is 16.6 Å². The molecule has 19 heavy (non-hydrogen) atoms. The van der Waals surface area contributed by atoms with Gasteiger partial charge in [0.2, 0.25) is 11.8 Å². The van der Waals surface area contributed by atoms with Crippen LogP contribution < -0.4 is 10.6 Å². The van der Waals surface area contributed by atoms with Gasteiger partial charge in [0, 0.05) is 12.6 Å². The highest BCUT2D eigenvalue weighted by atomic mass is 79.9. The molecule has 0 saturated heterocycles. The van der Waals surface area contributed by atoms with E-state index in [1.165, 1.54) is 6.92 Å². The fourth-order valence-electron chi connectivity index (χ4n) is 1.40. The molecule has 1 aromatic rings. The third-order valence-corrected chi connectivity index (χ3v) is 4.17. The van der Waals surface area contributed by atoms with Crippen LogP contribution >= 0.6 is 27.5 Å². The Morgan fingerprint density at radius 2 is 1.89 bits per heavy atom. The predicted molar refractivity (Wildman–Crippen MR) is 81.9 cm³/mol. The minimum absolute atomic E-state index is 0.127. The van der Waals surface area contributed by atoms with Crippen LogP contribution in [-0.2, 0) is 9.59 Å². The number of nitrogens with one attached hydrogen (secondary N) is 2. The summed E-state index contributed by atoms with van der Waals surface area (Å²) in [5, 5.41) is 5.74. The van der Waals surface area contributed by atoms with E-state index in [0.29, 0.717) is 16.4 Å². The molecule has 2 N–H and O–H groups in total. The topological polar surface area (TPSA) is 58.2 Å². The van der Waals surface area contributed by atoms with Crippen molar-refractivity contribution in [3.8, 4) is 0 Å². The van der Waals surface area contributed by atoms with E-state index >= 15 is 0 Å². The molecule has 1 aromatic carbocycles. The second-order valence-corrected chi connectivity index (χ2v) is 5.90. The molecular formula is C13H16BrClN2O2. The first kappa shape index (κ1) is 16.0. The van der Waals surface area contributed by atoms with Crippen LogP contribution in [0.5, 0.6) is 0 Å². The Balaban J connectivity index is 2.79. The minimum Gasteiger partial charge on any atom is -0.325 e. The van der Waals surface area contributed by atoms with Crippen molar-refractivity contribution in [3.05, 3.63) is 23.2 Å². The van der Waals surface area contributed by atoms with Gasteiger partial charge in [-0.15, -0.1) is 0 Å². The fraction of sp³-hybridized carbons (Fsp3) is 0.385. The van der Waals surface area contributed by atoms with E-state index in [2.05, 4.69) is 26.6 Å². The molecule has 1 rings (SSSR count). The highest BCUT2D eigenvalue weighted by molar-refractivity contribution is 9.10. The monoisotopic (exact) mass is 346 g/mol. The van der Waals surface area contributed by atoms with E-state index in [-0.39, 0.29) is 22.6 Å². The van der Waals surface area contributed by atoms with Crippen molar-refractivity contribution in [1.29, 1.82) is 0 Å². The summed E-state index contributed by atoms with van der Waals surface area (Å²) in [6.07, 6.45) is 0. The molecular weight excluding hydrogens is 332 g/mol. The van der Waals surface area contributed by atoms with Gasteiger partial charge in [-0.25, -0.2) is 0 Å². The van der Waals surface area contributed by atoms with Crippen molar-refractivity contribution in [2.24, 2.45) is 5.92 Å². The summed E-state index contributed by atoms with van der Waals surface area (Å²) in [4.78, 5) is 22.5. The summed E-state index contributed by atoms with van der Waals surface area (Å²) in [6, 6.07) is 4.94. The number of carbonyl (C=O) groups is 2. The van der Waals surface area contributed by atoms with Crippen molar-refractivity contribution in [2.75, 3.05) is 10.6 Å². The average Bonchev–Trinajstić information content (AvgIpc) is 2.31. The van der Waals surface area contributed by atoms with Crippen LogP contribution in [0, 0.1) is 5.92 Å². The first-order valence-corrected chi connectivity index (χ1v) is 7.12. The Kier molecular flexibility index (Phi) is 5.82. The fourth-order valence-corrected chi connectivity index (χ4v) is 1.74. The Hall–Kier alpha value is -1.07. The second-order valence-electron chi connectivity index (χ2n) is 4.51. The van der Waals surface area contributed by atoms with E-state index in [1.807, 2.05) is 13.8 Å². The van der Waals surface area contributed by atoms with Crippen molar-refractivity contribution >= 4 is 50.7 Å². The molecule has 0 radical (unpaired) electrons. The quantitative estimate of drug-likeness (QED) is 0.817. The number of amides is 2. The maximum absolute atomic E-state index is 11.9. The zero-order chi connectivity index (χ0) is 14.6. The zero-order valence-corrected chi connectivity index (χ0v) is 13.3. The van der Waals surface area contributed by atoms with Gasteiger partial charge in [-0.1, -0.05) is 41.4 Å². The minimum atomic E-state index is -0.263. The summed E-state index contributed by atoms with van der Waals surface area (Å²) in [6.45, 7) is 5.31. The van der Waals surface area contributed by atoms with Crippen molar-refractivity contribution in [3.63, 3.8) is 0 Å². The number of rotatable bonds is 4. The molecule has 4 nitrogen and oxygen atoms in total. The van der Waals surface area contributed by atoms with E-state index in [4.69, 9.17) is 11.6 Å². The number of anilines is 2. The summed E-state index contributed by atoms with van der Waals surface area (Å²) in [5.74, 6) is -0.133. The Morgan fingerprint density at radius 3 is 2.37 bits per heavy atom. The van der Waals surface area contributed by atoms with Crippen molar-refractivity contribution in [1.82, 2.24) is 0 Å². The van der Waals surface area contributed by atoms with E-state index in [1.54, 1.807) is 18.2 Å². The number of halogens is 2. The first-order chi connectivity index (χ1) is 8.81. The number of hydrogen-bond acceptors (Lipinski definition) is 2. The molecule has 104 valence electrons. The summed E-state index contributed by atoms with van der Waals surface area (Å²) < 4.78 is 0. The second kappa shape index (κ2) is 6.91. The van der Waals surface area contributed by atoms with Gasteiger partial charge < -0.3 is 10.6 Å². The van der Waals surface area contributed by atoms with Crippen LogP contribution in [0.1, 0.15) is 20.8 Å². The highest BCUT2D eigenvalue weighted by Gasteiger charge is 2.18. The van der Waals surface area contributed by atoms with E-state index in [0.717, 1.165) is 0 Å². The lowest BCUT2D eigenvalue weighted by molar-refractivity contribution is -0.116. The number of benzene rings is 1. The van der Waals surface area contributed by atoms with Crippen molar-refractivity contribution in [2.45, 2.75) is 25.6 Å². The van der Waals surface area contributed by atoms with Gasteiger partial charge in [0.05, 0.1) is 15.5 Å². The lowest BCUT2D eigenvalue weighted by atomic mass is 10.1. The normalized spacial score (nSPS) is 12.1. The molecule has 0 aliphatic carbocycles. The summed E-state index contributed by atoms with van der Waals surface area (Å²) in [7, 11) is 0. The predicted octanol–water partition coefficient (Wildman–Crippen LogP) is 3.66. The smallest absolute Gasteiger partial charge is 0.238 e. The highest BCUT2D eigenvalue weighted by Crippen LogP contribution is 2.26.